The number of carbonyl (C=O) groups is 4. The van der Waals surface area contributed by atoms with Gasteiger partial charge < -0.3 is 39.7 Å². The number of pyridine rings is 1. The number of unbranched alkanes of at least 4 members (excludes halogenated alkanes) is 1. The number of nitrogens with zero attached hydrogens (tertiary/aromatic N) is 8. The minimum Gasteiger partial charge on any atom is -0.467 e. The number of aromatic nitrogens is 3. The fraction of sp³-hybridized carbons (Fsp3) is 0.473. The highest BCUT2D eigenvalue weighted by molar-refractivity contribution is 6.02. The fourth-order valence-electron chi connectivity index (χ4n) is 11.2. The summed E-state index contributed by atoms with van der Waals surface area (Å²) in [5.74, 6) is 1.71. The Kier molecular flexibility index (Phi) is 16.6. The molecule has 5 fully saturated rings. The number of hydrogen-bond donors (Lipinski definition) is 3. The monoisotopic (exact) mass is 1010 g/mol. The molecular formula is C55H65F2N11O6. The number of piperazine rings is 2. The quantitative estimate of drug-likeness (QED) is 0.0595. The Hall–Kier alpha value is -7.17. The Balaban J connectivity index is 0.000000184. The van der Waals surface area contributed by atoms with E-state index < -0.39 is 11.6 Å². The Morgan fingerprint density at radius 2 is 1.70 bits per heavy atom. The fourth-order valence-corrected chi connectivity index (χ4v) is 11.2. The minimum atomic E-state index is -0.628. The van der Waals surface area contributed by atoms with Crippen molar-refractivity contribution < 1.29 is 37.4 Å². The number of terminal acetylenes is 1. The van der Waals surface area contributed by atoms with Gasteiger partial charge in [0.05, 0.1) is 18.1 Å². The molecule has 0 spiro atoms. The summed E-state index contributed by atoms with van der Waals surface area (Å²) in [5.41, 5.74) is 2.73. The van der Waals surface area contributed by atoms with Crippen molar-refractivity contribution >= 4 is 63.2 Å². The summed E-state index contributed by atoms with van der Waals surface area (Å²) in [6.07, 6.45) is 16.5. The molecule has 5 aliphatic heterocycles. The zero-order chi connectivity index (χ0) is 51.7. The molecule has 4 amide bonds. The number of hydrogen-bond acceptors (Lipinski definition) is 14. The Morgan fingerprint density at radius 1 is 0.919 bits per heavy atom. The maximum atomic E-state index is 16.1. The summed E-state index contributed by atoms with van der Waals surface area (Å²) in [4.78, 5) is 70.7. The van der Waals surface area contributed by atoms with Crippen molar-refractivity contribution in [2.45, 2.75) is 88.4 Å². The predicted octanol–water partition coefficient (Wildman–Crippen LogP) is 6.01. The molecule has 74 heavy (non-hydrogen) atoms. The molecule has 5 saturated heterocycles. The minimum absolute atomic E-state index is 0.0484. The molecule has 19 heteroatoms. The Morgan fingerprint density at radius 3 is 2.45 bits per heavy atom. The highest BCUT2D eigenvalue weighted by Gasteiger charge is 2.37. The molecule has 4 unspecified atom stereocenters. The molecule has 4 atom stereocenters. The van der Waals surface area contributed by atoms with Gasteiger partial charge in [-0.3, -0.25) is 29.6 Å². The number of amides is 4. The largest absolute Gasteiger partial charge is 0.467 e. The number of carbonyl (C=O) groups excluding carboxylic acids is 4. The van der Waals surface area contributed by atoms with E-state index in [0.29, 0.717) is 97.3 Å². The van der Waals surface area contributed by atoms with E-state index in [0.717, 1.165) is 76.2 Å². The lowest BCUT2D eigenvalue weighted by Crippen LogP contribution is -2.51. The van der Waals surface area contributed by atoms with Crippen molar-refractivity contribution in [3.63, 3.8) is 0 Å². The second-order valence-electron chi connectivity index (χ2n) is 19.7. The van der Waals surface area contributed by atoms with Gasteiger partial charge in [-0.05, 0) is 93.6 Å². The van der Waals surface area contributed by atoms with Crippen LogP contribution in [-0.4, -0.2) is 153 Å². The molecule has 3 N–H and O–H groups in total. The number of alkyl carbamates (subject to hydrolysis) is 1. The molecule has 2 aromatic heterocycles. The lowest BCUT2D eigenvalue weighted by Gasteiger charge is -2.36. The van der Waals surface area contributed by atoms with Crippen LogP contribution in [0.25, 0.3) is 32.9 Å². The summed E-state index contributed by atoms with van der Waals surface area (Å²) in [5, 5.41) is 10.2. The van der Waals surface area contributed by atoms with Crippen molar-refractivity contribution in [2.24, 2.45) is 0 Å². The molecule has 390 valence electrons. The maximum absolute atomic E-state index is 16.1. The average molecular weight is 1010 g/mol. The number of imide groups is 1. The standard InChI is InChI=1S/C29H44N6O5.C26H21F2N5O/c1-32(16-13-27(37)31-22-36)23-7-9-24(10-8-23)33-17-19-34(20-18-33)28(38)6-2-3-14-30-29(39)40-21-26-12-11-25-5-4-15-35(25)26;1-3-17-20(27)10-7-14-5-4-6-18(21(14)17)23-22(28)24-19(11-29-23)25(32-26(31-24)34-2)33-12-15-8-9-16(13-33)30-15/h7-10,22,25-26H,2-6,11-21H2,1H3,(H,30,39)(H,31,36,37);1,4-7,10-11,15-16,30H,8-9,12-13H2,2H3. The van der Waals surface area contributed by atoms with Gasteiger partial charge >= 0.3 is 12.1 Å². The molecule has 2 bridgehead atoms. The van der Waals surface area contributed by atoms with E-state index in [4.69, 9.17) is 15.9 Å². The number of ether oxygens (including phenoxy) is 2. The van der Waals surface area contributed by atoms with Gasteiger partial charge in [0, 0.05) is 125 Å². The molecule has 5 aliphatic rings. The van der Waals surface area contributed by atoms with Crippen molar-refractivity contribution in [1.82, 2.24) is 40.7 Å². The lowest BCUT2D eigenvalue weighted by atomic mass is 9.96. The van der Waals surface area contributed by atoms with Gasteiger partial charge in [-0.15, -0.1) is 6.42 Å². The third-order valence-corrected chi connectivity index (χ3v) is 15.1. The second kappa shape index (κ2) is 23.8. The first-order valence-corrected chi connectivity index (χ1v) is 25.8. The first-order valence-electron chi connectivity index (χ1n) is 25.8. The zero-order valence-electron chi connectivity index (χ0n) is 42.2. The summed E-state index contributed by atoms with van der Waals surface area (Å²) in [6, 6.07) is 18.3. The van der Waals surface area contributed by atoms with Crippen LogP contribution in [0.1, 0.15) is 69.8 Å². The number of methoxy groups -OCH3 is 1. The van der Waals surface area contributed by atoms with Crippen LogP contribution in [0.15, 0.2) is 60.8 Å². The second-order valence-corrected chi connectivity index (χ2v) is 19.7. The number of anilines is 3. The number of halogens is 2. The molecule has 10 rings (SSSR count). The Labute approximate surface area is 430 Å². The lowest BCUT2D eigenvalue weighted by molar-refractivity contribution is -0.131. The van der Waals surface area contributed by atoms with Crippen LogP contribution < -0.4 is 35.4 Å². The topological polar surface area (TPSA) is 178 Å². The number of fused-ring (bicyclic) bond motifs is 5. The summed E-state index contributed by atoms with van der Waals surface area (Å²) >= 11 is 0. The SMILES string of the molecule is C#Cc1c(F)ccc2cccc(-c3ncc4c(N5CC6CCC(C5)N6)nc(OC)nc4c3F)c12.CN(CCC(=O)NC=O)c1ccc(N2CCN(C(=O)CCCCNC(=O)OCC3CCC4CCCN43)CC2)cc1. The molecular weight excluding hydrogens is 949 g/mol. The Bertz CT molecular complexity index is 2870. The van der Waals surface area contributed by atoms with Crippen LogP contribution in [0.3, 0.4) is 0 Å². The van der Waals surface area contributed by atoms with Gasteiger partial charge in [0.25, 0.3) is 0 Å². The third-order valence-electron chi connectivity index (χ3n) is 15.1. The van der Waals surface area contributed by atoms with Crippen LogP contribution in [0.2, 0.25) is 0 Å². The molecule has 3 aromatic carbocycles. The molecule has 7 heterocycles. The third kappa shape index (κ3) is 11.8. The van der Waals surface area contributed by atoms with Crippen LogP contribution in [0.5, 0.6) is 6.01 Å². The van der Waals surface area contributed by atoms with Crippen molar-refractivity contribution in [3.8, 4) is 29.6 Å². The molecule has 5 aromatic rings. The smallest absolute Gasteiger partial charge is 0.407 e. The van der Waals surface area contributed by atoms with Crippen LogP contribution in [0.4, 0.5) is 30.8 Å². The molecule has 0 saturated carbocycles. The normalized spacial score (nSPS) is 20.1. The average Bonchev–Trinajstić information content (AvgIpc) is 4.15. The summed E-state index contributed by atoms with van der Waals surface area (Å²) in [6.45, 7) is 7.10. The van der Waals surface area contributed by atoms with Gasteiger partial charge in [-0.1, -0.05) is 30.2 Å². The molecule has 17 nitrogen and oxygen atoms in total. The van der Waals surface area contributed by atoms with E-state index in [1.54, 1.807) is 30.5 Å². The van der Waals surface area contributed by atoms with E-state index in [1.807, 2.05) is 29.0 Å². The van der Waals surface area contributed by atoms with Crippen molar-refractivity contribution in [3.05, 3.63) is 78.0 Å². The predicted molar refractivity (Wildman–Crippen MR) is 280 cm³/mol. The van der Waals surface area contributed by atoms with Crippen molar-refractivity contribution in [1.29, 1.82) is 0 Å². The maximum Gasteiger partial charge on any atom is 0.407 e. The van der Waals surface area contributed by atoms with E-state index in [2.05, 4.69) is 63.7 Å². The van der Waals surface area contributed by atoms with E-state index in [-0.39, 0.29) is 47.1 Å². The van der Waals surface area contributed by atoms with E-state index in [1.165, 1.54) is 32.4 Å². The molecule has 0 aliphatic carbocycles. The van der Waals surface area contributed by atoms with Gasteiger partial charge in [0.15, 0.2) is 5.82 Å². The highest BCUT2D eigenvalue weighted by Crippen LogP contribution is 2.38. The van der Waals surface area contributed by atoms with Crippen LogP contribution in [0, 0.1) is 24.0 Å². The molecule has 0 radical (unpaired) electrons. The van der Waals surface area contributed by atoms with Gasteiger partial charge in [-0.25, -0.2) is 13.6 Å². The van der Waals surface area contributed by atoms with Gasteiger partial charge in [0.1, 0.15) is 29.5 Å². The van der Waals surface area contributed by atoms with Crippen LogP contribution in [-0.2, 0) is 19.1 Å². The summed E-state index contributed by atoms with van der Waals surface area (Å²) < 4.78 is 41.3. The van der Waals surface area contributed by atoms with E-state index >= 15 is 4.39 Å². The van der Waals surface area contributed by atoms with Crippen LogP contribution >= 0.6 is 0 Å². The van der Waals surface area contributed by atoms with Crippen molar-refractivity contribution in [2.75, 3.05) is 94.4 Å². The highest BCUT2D eigenvalue weighted by atomic mass is 19.1. The first-order chi connectivity index (χ1) is 36.0. The van der Waals surface area contributed by atoms with Gasteiger partial charge in [0.2, 0.25) is 18.2 Å². The number of rotatable bonds is 16. The summed E-state index contributed by atoms with van der Waals surface area (Å²) in [7, 11) is 3.37. The zero-order valence-corrected chi connectivity index (χ0v) is 42.2. The number of nitrogens with one attached hydrogen (secondary N) is 3. The van der Waals surface area contributed by atoms with Gasteiger partial charge in [-0.2, -0.15) is 9.97 Å². The number of benzene rings is 3. The first kappa shape index (κ1) is 51.7. The van der Waals surface area contributed by atoms with E-state index in [9.17, 15) is 23.6 Å².